The third kappa shape index (κ3) is 27.1. The van der Waals surface area contributed by atoms with Gasteiger partial charge in [-0.05, 0) is 19.3 Å². The first kappa shape index (κ1) is 36.1. The third-order valence-corrected chi connectivity index (χ3v) is 8.31. The molecule has 0 aromatic heterocycles. The smallest absolute Gasteiger partial charge is 0.268 e. The van der Waals surface area contributed by atoms with Crippen LogP contribution in [0.3, 0.4) is 0 Å². The van der Waals surface area contributed by atoms with Crippen LogP contribution in [0.25, 0.3) is 0 Å². The van der Waals surface area contributed by atoms with Crippen LogP contribution in [-0.4, -0.2) is 44.9 Å². The zero-order valence-electron chi connectivity index (χ0n) is 24.9. The molecular weight excluding hydrogens is 469 g/mol. The van der Waals surface area contributed by atoms with E-state index in [4.69, 9.17) is 9.05 Å². The van der Waals surface area contributed by atoms with Gasteiger partial charge in [-0.25, -0.2) is 0 Å². The normalized spacial score (nSPS) is 13.8. The molecule has 0 heterocycles. The predicted molar refractivity (Wildman–Crippen MR) is 154 cm³/mol. The molecule has 1 atom stereocenters. The van der Waals surface area contributed by atoms with E-state index in [9.17, 15) is 9.46 Å². The van der Waals surface area contributed by atoms with E-state index in [1.807, 2.05) is 0 Å². The first-order valence-electron chi connectivity index (χ1n) is 15.7. The van der Waals surface area contributed by atoms with Crippen LogP contribution in [0, 0.1) is 0 Å². The second-order valence-corrected chi connectivity index (χ2v) is 13.0. The molecule has 0 spiro atoms. The molecule has 0 aliphatic rings. The molecule has 1 unspecified atom stereocenters. The average molecular weight is 534 g/mol. The zero-order chi connectivity index (χ0) is 26.8. The minimum atomic E-state index is -4.16. The summed E-state index contributed by atoms with van der Waals surface area (Å²) in [7, 11) is 0.144. The lowest BCUT2D eigenvalue weighted by Crippen LogP contribution is -2.43. The van der Waals surface area contributed by atoms with E-state index >= 15 is 0 Å². The summed E-state index contributed by atoms with van der Waals surface area (Å²) in [6.07, 6.45) is 28.7. The molecule has 0 saturated heterocycles. The fourth-order valence-electron chi connectivity index (χ4n) is 4.70. The molecule has 0 N–H and O–H groups in total. The van der Waals surface area contributed by atoms with Gasteiger partial charge in [0.1, 0.15) is 13.2 Å². The predicted octanol–water partition coefficient (Wildman–Crippen LogP) is 9.19. The highest BCUT2D eigenvalue weighted by atomic mass is 31.2. The van der Waals surface area contributed by atoms with Gasteiger partial charge in [0, 0.05) is 0 Å². The highest BCUT2D eigenvalue weighted by Gasteiger charge is 2.17. The molecule has 0 bridgehead atoms. The Morgan fingerprint density at radius 1 is 0.500 bits per heavy atom. The molecule has 0 saturated carbocycles. The first-order valence-corrected chi connectivity index (χ1v) is 17.2. The Bertz CT molecular complexity index is 501. The lowest BCUT2D eigenvalue weighted by Gasteiger charge is -2.31. The molecule has 36 heavy (non-hydrogen) atoms. The zero-order valence-corrected chi connectivity index (χ0v) is 25.8. The van der Waals surface area contributed by atoms with Gasteiger partial charge in [-0.1, -0.05) is 136 Å². The number of rotatable bonds is 29. The van der Waals surface area contributed by atoms with E-state index in [1.54, 1.807) is 0 Å². The van der Waals surface area contributed by atoms with Crippen molar-refractivity contribution in [1.82, 2.24) is 0 Å². The van der Waals surface area contributed by atoms with Crippen molar-refractivity contribution in [2.45, 2.75) is 155 Å². The standard InChI is InChI=1S/C30H64NO4P/c1-5-7-9-11-13-14-15-16-17-18-19-20-21-22-23-25-27-31(3,4)28-30-35-36(32,33)34-29-26-24-12-10-8-6-2/h5-30H2,1-4H3. The van der Waals surface area contributed by atoms with Crippen LogP contribution in [0.2, 0.25) is 0 Å². The van der Waals surface area contributed by atoms with Crippen LogP contribution in [0.1, 0.15) is 155 Å². The van der Waals surface area contributed by atoms with E-state index in [1.165, 1.54) is 122 Å². The Hall–Kier alpha value is 0.0700. The SMILES string of the molecule is CCCCCCCCCCCCCCCCCC[N+](C)(C)CCOP(=O)([O-])OCCCCCCCC. The summed E-state index contributed by atoms with van der Waals surface area (Å²) < 4.78 is 22.9. The number of phosphoric acid groups is 1. The topological polar surface area (TPSA) is 58.6 Å². The highest BCUT2D eigenvalue weighted by molar-refractivity contribution is 7.45. The van der Waals surface area contributed by atoms with Crippen molar-refractivity contribution in [3.63, 3.8) is 0 Å². The van der Waals surface area contributed by atoms with Gasteiger partial charge in [0.25, 0.3) is 7.82 Å². The lowest BCUT2D eigenvalue weighted by atomic mass is 10.0. The molecule has 0 amide bonds. The minimum absolute atomic E-state index is 0.198. The monoisotopic (exact) mass is 533 g/mol. The second kappa shape index (κ2) is 25.4. The van der Waals surface area contributed by atoms with E-state index in [0.29, 0.717) is 6.54 Å². The van der Waals surface area contributed by atoms with Crippen LogP contribution in [0.5, 0.6) is 0 Å². The van der Waals surface area contributed by atoms with Crippen molar-refractivity contribution in [3.05, 3.63) is 0 Å². The Kier molecular flexibility index (Phi) is 25.4. The van der Waals surface area contributed by atoms with E-state index in [2.05, 4.69) is 27.9 Å². The maximum Gasteiger partial charge on any atom is 0.268 e. The van der Waals surface area contributed by atoms with E-state index < -0.39 is 7.82 Å². The van der Waals surface area contributed by atoms with Crippen molar-refractivity contribution < 1.29 is 23.0 Å². The van der Waals surface area contributed by atoms with Crippen molar-refractivity contribution >= 4 is 7.82 Å². The lowest BCUT2D eigenvalue weighted by molar-refractivity contribution is -0.890. The van der Waals surface area contributed by atoms with Gasteiger partial charge in [0.15, 0.2) is 0 Å². The summed E-state index contributed by atoms with van der Waals surface area (Å²) in [4.78, 5) is 11.9. The minimum Gasteiger partial charge on any atom is -0.756 e. The fraction of sp³-hybridized carbons (Fsp3) is 1.00. The van der Waals surface area contributed by atoms with E-state index in [-0.39, 0.29) is 13.2 Å². The molecule has 0 aliphatic carbocycles. The summed E-state index contributed by atoms with van der Waals surface area (Å²) in [6, 6.07) is 0. The molecule has 0 aliphatic heterocycles. The summed E-state index contributed by atoms with van der Waals surface area (Å²) >= 11 is 0. The quantitative estimate of drug-likeness (QED) is 0.0546. The molecule has 0 rings (SSSR count). The number of phosphoric ester groups is 1. The Morgan fingerprint density at radius 3 is 1.25 bits per heavy atom. The van der Waals surface area contributed by atoms with Crippen LogP contribution in [0.15, 0.2) is 0 Å². The molecule has 5 nitrogen and oxygen atoms in total. The number of unbranched alkanes of at least 4 members (excludes halogenated alkanes) is 20. The Labute approximate surface area is 226 Å². The van der Waals surface area contributed by atoms with Gasteiger partial charge in [-0.2, -0.15) is 0 Å². The van der Waals surface area contributed by atoms with Crippen molar-refractivity contribution in [3.8, 4) is 0 Å². The van der Waals surface area contributed by atoms with Crippen LogP contribution >= 0.6 is 7.82 Å². The van der Waals surface area contributed by atoms with Crippen molar-refractivity contribution in [1.29, 1.82) is 0 Å². The number of likely N-dealkylation sites (N-methyl/N-ethyl adjacent to an activating group) is 1. The second-order valence-electron chi connectivity index (χ2n) is 11.6. The van der Waals surface area contributed by atoms with Crippen molar-refractivity contribution in [2.75, 3.05) is 40.4 Å². The number of quaternary nitrogens is 1. The van der Waals surface area contributed by atoms with Crippen LogP contribution in [-0.2, 0) is 13.6 Å². The summed E-state index contributed by atoms with van der Waals surface area (Å²) in [5.41, 5.74) is 0. The average Bonchev–Trinajstić information content (AvgIpc) is 2.83. The number of nitrogens with zero attached hydrogens (tertiary/aromatic N) is 1. The largest absolute Gasteiger partial charge is 0.756 e. The fourth-order valence-corrected chi connectivity index (χ4v) is 5.43. The summed E-state index contributed by atoms with van der Waals surface area (Å²) in [5.74, 6) is 0. The molecule has 0 aromatic carbocycles. The summed E-state index contributed by atoms with van der Waals surface area (Å²) in [6.45, 7) is 6.66. The summed E-state index contributed by atoms with van der Waals surface area (Å²) in [5, 5.41) is 0. The van der Waals surface area contributed by atoms with Crippen LogP contribution < -0.4 is 4.89 Å². The maximum absolute atomic E-state index is 11.9. The van der Waals surface area contributed by atoms with Gasteiger partial charge in [0.05, 0.1) is 27.2 Å². The molecule has 0 aromatic rings. The molecule has 0 radical (unpaired) electrons. The van der Waals surface area contributed by atoms with Gasteiger partial charge in [-0.3, -0.25) is 4.57 Å². The van der Waals surface area contributed by atoms with Crippen molar-refractivity contribution in [2.24, 2.45) is 0 Å². The number of hydrogen-bond acceptors (Lipinski definition) is 4. The van der Waals surface area contributed by atoms with Gasteiger partial charge in [-0.15, -0.1) is 0 Å². The first-order chi connectivity index (χ1) is 17.3. The van der Waals surface area contributed by atoms with Gasteiger partial charge < -0.3 is 18.4 Å². The Balaban J connectivity index is 3.51. The molecular formula is C30H64NO4P. The van der Waals surface area contributed by atoms with Gasteiger partial charge >= 0.3 is 0 Å². The molecule has 6 heteroatoms. The molecule has 218 valence electrons. The molecule has 0 fully saturated rings. The third-order valence-electron chi connectivity index (χ3n) is 7.31. The highest BCUT2D eigenvalue weighted by Crippen LogP contribution is 2.38. The Morgan fingerprint density at radius 2 is 0.833 bits per heavy atom. The van der Waals surface area contributed by atoms with Gasteiger partial charge in [0.2, 0.25) is 0 Å². The van der Waals surface area contributed by atoms with E-state index in [0.717, 1.165) is 30.3 Å². The maximum atomic E-state index is 11.9. The van der Waals surface area contributed by atoms with Crippen LogP contribution in [0.4, 0.5) is 0 Å². The number of hydrogen-bond donors (Lipinski definition) is 0.